The number of nitrogens with one attached hydrogen (secondary N) is 1. The molecule has 2 atom stereocenters. The Morgan fingerprint density at radius 3 is 2.20 bits per heavy atom. The second kappa shape index (κ2) is 4.42. The van der Waals surface area contributed by atoms with Crippen LogP contribution in [-0.4, -0.2) is 24.3 Å². The minimum atomic E-state index is 0.268. The van der Waals surface area contributed by atoms with Crippen LogP contribution in [0.3, 0.4) is 0 Å². The molecular formula is C13H25NO. The van der Waals surface area contributed by atoms with E-state index >= 15 is 0 Å². The van der Waals surface area contributed by atoms with E-state index in [1.165, 1.54) is 32.1 Å². The molecule has 2 aliphatic rings. The largest absolute Gasteiger partial charge is 0.396 e. The molecule has 0 radical (unpaired) electrons. The molecule has 0 bridgehead atoms. The Morgan fingerprint density at radius 2 is 1.73 bits per heavy atom. The number of aliphatic hydroxyl groups is 1. The van der Waals surface area contributed by atoms with Crippen LogP contribution >= 0.6 is 0 Å². The zero-order valence-corrected chi connectivity index (χ0v) is 10.1. The third-order valence-electron chi connectivity index (χ3n) is 4.24. The van der Waals surface area contributed by atoms with Crippen molar-refractivity contribution in [3.8, 4) is 0 Å². The fourth-order valence-corrected chi connectivity index (χ4v) is 3.04. The summed E-state index contributed by atoms with van der Waals surface area (Å²) in [7, 11) is 0. The Balaban J connectivity index is 1.74. The van der Waals surface area contributed by atoms with Crippen LogP contribution in [0.25, 0.3) is 0 Å². The molecule has 0 spiro atoms. The maximum atomic E-state index is 9.25. The molecule has 0 heterocycles. The molecule has 2 N–H and O–H groups in total. The maximum absolute atomic E-state index is 9.25. The van der Waals surface area contributed by atoms with Gasteiger partial charge in [0.05, 0.1) is 0 Å². The van der Waals surface area contributed by atoms with Crippen LogP contribution in [-0.2, 0) is 0 Å². The van der Waals surface area contributed by atoms with E-state index in [0.29, 0.717) is 12.6 Å². The molecule has 2 nitrogen and oxygen atoms in total. The maximum Gasteiger partial charge on any atom is 0.0499 e. The second-order valence-corrected chi connectivity index (χ2v) is 6.15. The normalized spacial score (nSPS) is 39.0. The van der Waals surface area contributed by atoms with Crippen molar-refractivity contribution in [3.05, 3.63) is 0 Å². The summed E-state index contributed by atoms with van der Waals surface area (Å²) in [6, 6.07) is 0.702. The van der Waals surface area contributed by atoms with Crippen LogP contribution in [0.5, 0.6) is 0 Å². The van der Waals surface area contributed by atoms with Gasteiger partial charge in [0.1, 0.15) is 0 Å². The van der Waals surface area contributed by atoms with E-state index in [0.717, 1.165) is 18.4 Å². The zero-order chi connectivity index (χ0) is 10.9. The van der Waals surface area contributed by atoms with Crippen LogP contribution in [0, 0.1) is 17.3 Å². The minimum absolute atomic E-state index is 0.268. The highest BCUT2D eigenvalue weighted by atomic mass is 16.3. The lowest BCUT2D eigenvalue weighted by atomic mass is 9.80. The van der Waals surface area contributed by atoms with Crippen molar-refractivity contribution in [2.45, 2.75) is 52.0 Å². The van der Waals surface area contributed by atoms with Gasteiger partial charge in [-0.15, -0.1) is 0 Å². The first-order valence-electron chi connectivity index (χ1n) is 6.48. The van der Waals surface area contributed by atoms with Crippen LogP contribution in [0.2, 0.25) is 0 Å². The van der Waals surface area contributed by atoms with E-state index in [9.17, 15) is 5.11 Å². The topological polar surface area (TPSA) is 32.3 Å². The highest BCUT2D eigenvalue weighted by Gasteiger charge is 2.42. The summed E-state index contributed by atoms with van der Waals surface area (Å²) < 4.78 is 0. The predicted octanol–water partition coefficient (Wildman–Crippen LogP) is 2.17. The van der Waals surface area contributed by atoms with Crippen molar-refractivity contribution < 1.29 is 5.11 Å². The van der Waals surface area contributed by atoms with Crippen LogP contribution < -0.4 is 5.32 Å². The molecule has 2 heteroatoms. The molecule has 2 aliphatic carbocycles. The fraction of sp³-hybridized carbons (Fsp3) is 1.00. The molecule has 2 unspecified atom stereocenters. The van der Waals surface area contributed by atoms with Gasteiger partial charge < -0.3 is 10.4 Å². The minimum Gasteiger partial charge on any atom is -0.396 e. The average molecular weight is 211 g/mol. The van der Waals surface area contributed by atoms with Crippen molar-refractivity contribution in [2.75, 3.05) is 13.2 Å². The summed E-state index contributed by atoms with van der Waals surface area (Å²) in [5.41, 5.74) is 0.268. The highest BCUT2D eigenvalue weighted by molar-refractivity contribution is 4.95. The summed E-state index contributed by atoms with van der Waals surface area (Å²) in [6.45, 7) is 6.14. The molecule has 0 aromatic carbocycles. The number of rotatable bonds is 4. The zero-order valence-electron chi connectivity index (χ0n) is 10.1. The SMILES string of the molecule is CC1CC(C)CC(NCC2(CO)CC2)C1. The standard InChI is InChI=1S/C13H25NO/c1-10-5-11(2)7-12(6-10)14-8-13(9-15)3-4-13/h10-12,14-15H,3-9H2,1-2H3. The van der Waals surface area contributed by atoms with Gasteiger partial charge in [0, 0.05) is 24.6 Å². The molecule has 2 rings (SSSR count). The Bertz CT molecular complexity index is 203. The molecule has 15 heavy (non-hydrogen) atoms. The second-order valence-electron chi connectivity index (χ2n) is 6.15. The monoisotopic (exact) mass is 211 g/mol. The van der Waals surface area contributed by atoms with E-state index in [2.05, 4.69) is 19.2 Å². The summed E-state index contributed by atoms with van der Waals surface area (Å²) in [6.07, 6.45) is 6.48. The van der Waals surface area contributed by atoms with E-state index < -0.39 is 0 Å². The highest BCUT2D eigenvalue weighted by Crippen LogP contribution is 2.44. The van der Waals surface area contributed by atoms with Gasteiger partial charge in [-0.3, -0.25) is 0 Å². The van der Waals surface area contributed by atoms with Gasteiger partial charge in [-0.2, -0.15) is 0 Å². The third-order valence-corrected chi connectivity index (χ3v) is 4.24. The van der Waals surface area contributed by atoms with E-state index in [1.54, 1.807) is 0 Å². The molecule has 0 amide bonds. The van der Waals surface area contributed by atoms with Crippen molar-refractivity contribution in [2.24, 2.45) is 17.3 Å². The van der Waals surface area contributed by atoms with Gasteiger partial charge in [0.15, 0.2) is 0 Å². The summed E-state index contributed by atoms with van der Waals surface area (Å²) >= 11 is 0. The molecular weight excluding hydrogens is 186 g/mol. The smallest absolute Gasteiger partial charge is 0.0499 e. The van der Waals surface area contributed by atoms with Gasteiger partial charge in [-0.1, -0.05) is 13.8 Å². The fourth-order valence-electron chi connectivity index (χ4n) is 3.04. The Labute approximate surface area is 93.5 Å². The van der Waals surface area contributed by atoms with E-state index in [1.807, 2.05) is 0 Å². The molecule has 0 saturated heterocycles. The van der Waals surface area contributed by atoms with E-state index in [4.69, 9.17) is 0 Å². The first-order chi connectivity index (χ1) is 7.13. The average Bonchev–Trinajstić information content (AvgIpc) is 2.94. The van der Waals surface area contributed by atoms with Gasteiger partial charge in [0.2, 0.25) is 0 Å². The quantitative estimate of drug-likeness (QED) is 0.747. The summed E-state index contributed by atoms with van der Waals surface area (Å²) in [5, 5.41) is 12.9. The van der Waals surface area contributed by atoms with Crippen molar-refractivity contribution in [3.63, 3.8) is 0 Å². The molecule has 0 aromatic rings. The molecule has 2 fully saturated rings. The predicted molar refractivity (Wildman–Crippen MR) is 62.7 cm³/mol. The molecule has 0 aliphatic heterocycles. The Morgan fingerprint density at radius 1 is 1.13 bits per heavy atom. The number of aliphatic hydroxyl groups excluding tert-OH is 1. The van der Waals surface area contributed by atoms with Crippen molar-refractivity contribution in [1.82, 2.24) is 5.32 Å². The van der Waals surface area contributed by atoms with Gasteiger partial charge >= 0.3 is 0 Å². The number of hydrogen-bond acceptors (Lipinski definition) is 2. The van der Waals surface area contributed by atoms with Crippen molar-refractivity contribution >= 4 is 0 Å². The third kappa shape index (κ3) is 2.94. The lowest BCUT2D eigenvalue weighted by Gasteiger charge is -2.33. The summed E-state index contributed by atoms with van der Waals surface area (Å²) in [5.74, 6) is 1.74. The number of hydrogen-bond donors (Lipinski definition) is 2. The first-order valence-corrected chi connectivity index (χ1v) is 6.48. The lowest BCUT2D eigenvalue weighted by molar-refractivity contribution is 0.185. The van der Waals surface area contributed by atoms with Gasteiger partial charge in [-0.05, 0) is 43.9 Å². The van der Waals surface area contributed by atoms with Crippen LogP contribution in [0.1, 0.15) is 46.0 Å². The molecule has 88 valence electrons. The van der Waals surface area contributed by atoms with Crippen LogP contribution in [0.4, 0.5) is 0 Å². The van der Waals surface area contributed by atoms with Gasteiger partial charge in [-0.25, -0.2) is 0 Å². The van der Waals surface area contributed by atoms with Crippen LogP contribution in [0.15, 0.2) is 0 Å². The Kier molecular flexibility index (Phi) is 3.36. The lowest BCUT2D eigenvalue weighted by Crippen LogP contribution is -2.40. The first kappa shape index (κ1) is 11.4. The molecule has 2 saturated carbocycles. The summed E-state index contributed by atoms with van der Waals surface area (Å²) in [4.78, 5) is 0. The van der Waals surface area contributed by atoms with Crippen molar-refractivity contribution in [1.29, 1.82) is 0 Å². The molecule has 0 aromatic heterocycles. The van der Waals surface area contributed by atoms with E-state index in [-0.39, 0.29) is 5.41 Å². The van der Waals surface area contributed by atoms with Gasteiger partial charge in [0.25, 0.3) is 0 Å². The Hall–Kier alpha value is -0.0800.